The summed E-state index contributed by atoms with van der Waals surface area (Å²) in [6.07, 6.45) is 7.30. The highest BCUT2D eigenvalue weighted by Gasteiger charge is 2.39. The minimum Gasteiger partial charge on any atom is -0.348 e. The largest absolute Gasteiger partial charge is 0.348 e. The topological polar surface area (TPSA) is 57.8 Å². The first-order valence-electron chi connectivity index (χ1n) is 7.55. The van der Waals surface area contributed by atoms with Gasteiger partial charge in [0, 0.05) is 17.3 Å². The number of nitrogens with zero attached hydrogens (tertiary/aromatic N) is 1. The molecule has 4 nitrogen and oxygen atoms in total. The van der Waals surface area contributed by atoms with E-state index in [4.69, 9.17) is 0 Å². The molecule has 2 saturated carbocycles. The second-order valence-electron chi connectivity index (χ2n) is 6.04. The first-order valence-corrected chi connectivity index (χ1v) is 7.55. The average Bonchev–Trinajstić information content (AvgIpc) is 3.06. The van der Waals surface area contributed by atoms with Crippen LogP contribution < -0.4 is 5.32 Å². The summed E-state index contributed by atoms with van der Waals surface area (Å²) in [7, 11) is 0. The molecule has 0 aliphatic heterocycles. The molecule has 19 heavy (non-hydrogen) atoms. The second kappa shape index (κ2) is 4.99. The zero-order valence-corrected chi connectivity index (χ0v) is 11.8. The molecule has 0 bridgehead atoms. The van der Waals surface area contributed by atoms with Crippen molar-refractivity contribution in [3.05, 3.63) is 17.0 Å². The molecular formula is C15H23N3O. The minimum absolute atomic E-state index is 0.00556. The number of aryl methyl sites for hydroxylation is 1. The maximum absolute atomic E-state index is 12.3. The van der Waals surface area contributed by atoms with E-state index >= 15 is 0 Å². The van der Waals surface area contributed by atoms with Gasteiger partial charge in [-0.2, -0.15) is 5.10 Å². The molecule has 0 aromatic carbocycles. The maximum atomic E-state index is 12.3. The van der Waals surface area contributed by atoms with Gasteiger partial charge in [-0.15, -0.1) is 0 Å². The molecule has 0 radical (unpaired) electrons. The molecular weight excluding hydrogens is 238 g/mol. The molecule has 104 valence electrons. The van der Waals surface area contributed by atoms with Gasteiger partial charge in [0.15, 0.2) is 5.69 Å². The van der Waals surface area contributed by atoms with Crippen LogP contribution in [0.2, 0.25) is 0 Å². The lowest BCUT2D eigenvalue weighted by molar-refractivity contribution is 0.0920. The van der Waals surface area contributed by atoms with E-state index < -0.39 is 0 Å². The van der Waals surface area contributed by atoms with Crippen LogP contribution in [-0.4, -0.2) is 22.1 Å². The molecule has 2 N–H and O–H groups in total. The monoisotopic (exact) mass is 261 g/mol. The fourth-order valence-electron chi connectivity index (χ4n) is 3.98. The van der Waals surface area contributed by atoms with Crippen LogP contribution >= 0.6 is 0 Å². The van der Waals surface area contributed by atoms with Gasteiger partial charge < -0.3 is 5.32 Å². The summed E-state index contributed by atoms with van der Waals surface area (Å²) >= 11 is 0. The van der Waals surface area contributed by atoms with Crippen molar-refractivity contribution in [1.82, 2.24) is 15.5 Å². The normalized spacial score (nSPS) is 29.5. The molecule has 1 aromatic rings. The fourth-order valence-corrected chi connectivity index (χ4v) is 3.98. The molecule has 2 fully saturated rings. The molecule has 1 amide bonds. The zero-order valence-electron chi connectivity index (χ0n) is 11.8. The Kier molecular flexibility index (Phi) is 3.33. The van der Waals surface area contributed by atoms with Crippen molar-refractivity contribution in [3.63, 3.8) is 0 Å². The molecule has 2 aliphatic carbocycles. The van der Waals surface area contributed by atoms with Crippen LogP contribution in [-0.2, 0) is 6.42 Å². The zero-order chi connectivity index (χ0) is 13.4. The van der Waals surface area contributed by atoms with Gasteiger partial charge in [-0.1, -0.05) is 19.8 Å². The Bertz CT molecular complexity index is 480. The van der Waals surface area contributed by atoms with Gasteiger partial charge in [-0.05, 0) is 44.4 Å². The van der Waals surface area contributed by atoms with Crippen molar-refractivity contribution < 1.29 is 4.79 Å². The summed E-state index contributed by atoms with van der Waals surface area (Å²) in [4.78, 5) is 12.3. The third kappa shape index (κ3) is 2.17. The molecule has 1 heterocycles. The summed E-state index contributed by atoms with van der Waals surface area (Å²) < 4.78 is 0. The van der Waals surface area contributed by atoms with Crippen molar-refractivity contribution in [2.45, 2.75) is 58.4 Å². The van der Waals surface area contributed by atoms with Crippen molar-refractivity contribution in [2.24, 2.45) is 11.8 Å². The Hall–Kier alpha value is -1.32. The first kappa shape index (κ1) is 12.7. The molecule has 0 spiro atoms. The highest BCUT2D eigenvalue weighted by Crippen LogP contribution is 2.44. The van der Waals surface area contributed by atoms with E-state index in [0.717, 1.165) is 30.0 Å². The highest BCUT2D eigenvalue weighted by molar-refractivity contribution is 5.94. The van der Waals surface area contributed by atoms with E-state index in [-0.39, 0.29) is 5.91 Å². The van der Waals surface area contributed by atoms with E-state index in [2.05, 4.69) is 22.4 Å². The third-order valence-electron chi connectivity index (χ3n) is 5.08. The number of nitrogens with one attached hydrogen (secondary N) is 2. The number of H-pyrrole nitrogens is 1. The van der Waals surface area contributed by atoms with Crippen molar-refractivity contribution >= 4 is 5.91 Å². The summed E-state index contributed by atoms with van der Waals surface area (Å²) in [6.45, 7) is 4.05. The number of carbonyl (C=O) groups is 1. The summed E-state index contributed by atoms with van der Waals surface area (Å²) in [5.41, 5.74) is 2.65. The molecule has 2 aliphatic rings. The Morgan fingerprint density at radius 1 is 1.37 bits per heavy atom. The molecule has 0 saturated heterocycles. The van der Waals surface area contributed by atoms with Gasteiger partial charge in [0.25, 0.3) is 5.91 Å². The quantitative estimate of drug-likeness (QED) is 0.878. The predicted molar refractivity (Wildman–Crippen MR) is 74.0 cm³/mol. The Morgan fingerprint density at radius 2 is 2.21 bits per heavy atom. The van der Waals surface area contributed by atoms with Gasteiger partial charge in [-0.25, -0.2) is 0 Å². The summed E-state index contributed by atoms with van der Waals surface area (Å²) in [5.74, 6) is 1.58. The second-order valence-corrected chi connectivity index (χ2v) is 6.04. The Balaban J connectivity index is 1.69. The van der Waals surface area contributed by atoms with Crippen LogP contribution in [0.3, 0.4) is 0 Å². The molecule has 3 rings (SSSR count). The van der Waals surface area contributed by atoms with E-state index in [9.17, 15) is 4.79 Å². The van der Waals surface area contributed by atoms with E-state index in [1.165, 1.54) is 25.7 Å². The smallest absolute Gasteiger partial charge is 0.272 e. The minimum atomic E-state index is 0.00556. The van der Waals surface area contributed by atoms with Crippen molar-refractivity contribution in [1.29, 1.82) is 0 Å². The number of aromatic nitrogens is 2. The molecule has 4 heteroatoms. The number of fused-ring (bicyclic) bond motifs is 1. The van der Waals surface area contributed by atoms with Crippen molar-refractivity contribution in [2.75, 3.05) is 0 Å². The summed E-state index contributed by atoms with van der Waals surface area (Å²) in [6, 6.07) is 0.376. The van der Waals surface area contributed by atoms with Crippen LogP contribution in [0.25, 0.3) is 0 Å². The van der Waals surface area contributed by atoms with Gasteiger partial charge in [0.1, 0.15) is 0 Å². The highest BCUT2D eigenvalue weighted by atomic mass is 16.2. The van der Waals surface area contributed by atoms with Crippen LogP contribution in [0, 0.1) is 18.8 Å². The Morgan fingerprint density at radius 3 is 2.95 bits per heavy atom. The number of amides is 1. The first-order chi connectivity index (χ1) is 9.20. The Labute approximate surface area is 114 Å². The van der Waals surface area contributed by atoms with E-state index in [1.807, 2.05) is 6.92 Å². The SMILES string of the molecule is CCc1[nH]nc(C(=O)NC2CCC3CCCC32)c1C. The molecule has 1 aromatic heterocycles. The lowest BCUT2D eigenvalue weighted by atomic mass is 9.97. The average molecular weight is 261 g/mol. The number of rotatable bonds is 3. The van der Waals surface area contributed by atoms with E-state index in [1.54, 1.807) is 0 Å². The van der Waals surface area contributed by atoms with E-state index in [0.29, 0.717) is 17.7 Å². The van der Waals surface area contributed by atoms with Gasteiger partial charge in [0.2, 0.25) is 0 Å². The number of carbonyl (C=O) groups excluding carboxylic acids is 1. The van der Waals surface area contributed by atoms with Crippen LogP contribution in [0.1, 0.15) is 60.8 Å². The van der Waals surface area contributed by atoms with Crippen LogP contribution in [0.15, 0.2) is 0 Å². The lowest BCUT2D eigenvalue weighted by Crippen LogP contribution is -2.38. The van der Waals surface area contributed by atoms with Gasteiger partial charge in [-0.3, -0.25) is 9.89 Å². The number of hydrogen-bond donors (Lipinski definition) is 2. The predicted octanol–water partition coefficient (Wildman–Crippen LogP) is 2.59. The van der Waals surface area contributed by atoms with Crippen molar-refractivity contribution in [3.8, 4) is 0 Å². The third-order valence-corrected chi connectivity index (χ3v) is 5.08. The van der Waals surface area contributed by atoms with Gasteiger partial charge >= 0.3 is 0 Å². The maximum Gasteiger partial charge on any atom is 0.272 e. The molecule has 3 atom stereocenters. The van der Waals surface area contributed by atoms with Gasteiger partial charge in [0.05, 0.1) is 0 Å². The lowest BCUT2D eigenvalue weighted by Gasteiger charge is -2.19. The van der Waals surface area contributed by atoms with Crippen LogP contribution in [0.5, 0.6) is 0 Å². The standard InChI is InChI=1S/C15H23N3O/c1-3-12-9(2)14(18-17-12)15(19)16-13-8-7-10-5-4-6-11(10)13/h10-11,13H,3-8H2,1-2H3,(H,16,19)(H,17,18). The number of aromatic amines is 1. The fraction of sp³-hybridized carbons (Fsp3) is 0.733. The van der Waals surface area contributed by atoms with Crippen LogP contribution in [0.4, 0.5) is 0 Å². The molecule has 3 unspecified atom stereocenters. The number of hydrogen-bond acceptors (Lipinski definition) is 2. The summed E-state index contributed by atoms with van der Waals surface area (Å²) in [5, 5.41) is 10.4.